The van der Waals surface area contributed by atoms with Crippen molar-refractivity contribution in [2.45, 2.75) is 43.2 Å². The van der Waals surface area contributed by atoms with E-state index in [0.717, 1.165) is 6.07 Å². The fourth-order valence-electron chi connectivity index (χ4n) is 4.74. The van der Waals surface area contributed by atoms with Gasteiger partial charge in [0.15, 0.2) is 6.29 Å². The van der Waals surface area contributed by atoms with Crippen LogP contribution < -0.4 is 15.6 Å². The van der Waals surface area contributed by atoms with Crippen LogP contribution >= 0.6 is 11.8 Å². The van der Waals surface area contributed by atoms with E-state index in [-0.39, 0.29) is 52.3 Å². The minimum absolute atomic E-state index is 0.0108. The van der Waals surface area contributed by atoms with Gasteiger partial charge in [-0.1, -0.05) is 0 Å². The first-order valence-corrected chi connectivity index (χ1v) is 12.0. The number of esters is 1. The number of pyridine rings is 1. The van der Waals surface area contributed by atoms with Crippen LogP contribution in [0.15, 0.2) is 15.9 Å². The fraction of sp³-hybridized carbons (Fsp3) is 0.455. The van der Waals surface area contributed by atoms with E-state index in [1.54, 1.807) is 11.5 Å². The highest BCUT2D eigenvalue weighted by Gasteiger charge is 2.44. The number of carbonyl (C=O) groups excluding carboxylic acids is 3. The molecule has 0 spiro atoms. The van der Waals surface area contributed by atoms with Crippen molar-refractivity contribution in [2.24, 2.45) is 0 Å². The van der Waals surface area contributed by atoms with Gasteiger partial charge in [0.2, 0.25) is 5.43 Å². The van der Waals surface area contributed by atoms with Crippen LogP contribution in [-0.4, -0.2) is 71.6 Å². The molecule has 2 atom stereocenters. The molecule has 2 aromatic rings. The Balaban J connectivity index is 1.88. The third-order valence-electron chi connectivity index (χ3n) is 6.21. The number of carbonyl (C=O) groups is 3. The topological polar surface area (TPSA) is 118 Å². The summed E-state index contributed by atoms with van der Waals surface area (Å²) in [6, 6.07) is -1.47. The Bertz CT molecular complexity index is 1310. The zero-order valence-corrected chi connectivity index (χ0v) is 19.7. The molecular formula is C22H21F4N3O6S. The summed E-state index contributed by atoms with van der Waals surface area (Å²) in [5.74, 6) is -3.65. The van der Waals surface area contributed by atoms with Gasteiger partial charge in [-0.15, -0.1) is 11.8 Å². The number of thioether (sulfide) groups is 1. The summed E-state index contributed by atoms with van der Waals surface area (Å²) in [6.45, 7) is 1.05. The number of nitrogens with one attached hydrogen (secondary N) is 1. The Morgan fingerprint density at radius 2 is 2.06 bits per heavy atom. The SMILES string of the molecule is CCOC(=O)c1c2n(c3c(C=O)c(N4CC[C@@H](NC(=O)C(F)(F)F)[C@H]4CO)c(F)cc3c1=O)CCS2. The number of benzene rings is 1. The normalized spacial score (nSPS) is 19.4. The number of amides is 1. The molecule has 194 valence electrons. The van der Waals surface area contributed by atoms with E-state index >= 15 is 4.39 Å². The molecule has 1 aromatic heterocycles. The number of hydrogen-bond donors (Lipinski definition) is 2. The number of aromatic nitrogens is 1. The van der Waals surface area contributed by atoms with E-state index in [4.69, 9.17) is 4.74 Å². The summed E-state index contributed by atoms with van der Waals surface area (Å²) in [7, 11) is 0. The summed E-state index contributed by atoms with van der Waals surface area (Å²) < 4.78 is 60.3. The highest BCUT2D eigenvalue weighted by Crippen LogP contribution is 2.39. The average Bonchev–Trinajstić information content (AvgIpc) is 3.45. The zero-order valence-electron chi connectivity index (χ0n) is 18.9. The van der Waals surface area contributed by atoms with Crippen molar-refractivity contribution >= 4 is 46.5 Å². The lowest BCUT2D eigenvalue weighted by atomic mass is 10.0. The lowest BCUT2D eigenvalue weighted by Crippen LogP contribution is -2.50. The number of fused-ring (bicyclic) bond motifs is 3. The quantitative estimate of drug-likeness (QED) is 0.330. The van der Waals surface area contributed by atoms with Crippen molar-refractivity contribution in [2.75, 3.05) is 30.4 Å². The maximum absolute atomic E-state index is 15.5. The van der Waals surface area contributed by atoms with Crippen molar-refractivity contribution in [3.63, 3.8) is 0 Å². The van der Waals surface area contributed by atoms with Crippen LogP contribution in [0.2, 0.25) is 0 Å². The molecule has 0 saturated carbocycles. The Hall–Kier alpha value is -3.13. The van der Waals surface area contributed by atoms with Crippen LogP contribution in [0.4, 0.5) is 23.2 Å². The second-order valence-electron chi connectivity index (χ2n) is 8.17. The fourth-order valence-corrected chi connectivity index (χ4v) is 5.87. The minimum Gasteiger partial charge on any atom is -0.462 e. The van der Waals surface area contributed by atoms with E-state index < -0.39 is 48.0 Å². The van der Waals surface area contributed by atoms with E-state index in [2.05, 4.69) is 0 Å². The van der Waals surface area contributed by atoms with E-state index in [1.807, 2.05) is 5.32 Å². The van der Waals surface area contributed by atoms with Gasteiger partial charge in [-0.3, -0.25) is 14.4 Å². The monoisotopic (exact) mass is 531 g/mol. The molecule has 0 unspecified atom stereocenters. The number of alkyl halides is 3. The van der Waals surface area contributed by atoms with Gasteiger partial charge in [-0.05, 0) is 19.4 Å². The molecule has 0 bridgehead atoms. The van der Waals surface area contributed by atoms with Gasteiger partial charge in [-0.2, -0.15) is 13.2 Å². The van der Waals surface area contributed by atoms with Crippen LogP contribution in [-0.2, 0) is 16.1 Å². The average molecular weight is 531 g/mol. The second kappa shape index (κ2) is 9.73. The van der Waals surface area contributed by atoms with Gasteiger partial charge in [0.1, 0.15) is 11.4 Å². The Morgan fingerprint density at radius 3 is 2.67 bits per heavy atom. The summed E-state index contributed by atoms with van der Waals surface area (Å²) >= 11 is 1.20. The van der Waals surface area contributed by atoms with Crippen LogP contribution in [0.5, 0.6) is 0 Å². The standard InChI is InChI=1S/C22H21F4N3O6S/c1-2-35-20(33)15-18(32)10-7-12(23)17(11(8-30)16(10)29-5-6-36-19(15)29)28-4-3-13(14(28)9-31)27-21(34)22(24,25)26/h7-8,13-14,31H,2-6,9H2,1H3,(H,27,34)/t13-,14-/m1/s1. The number of nitrogens with zero attached hydrogens (tertiary/aromatic N) is 2. The first kappa shape index (κ1) is 25.9. The van der Waals surface area contributed by atoms with E-state index in [1.165, 1.54) is 16.7 Å². The maximum Gasteiger partial charge on any atom is 0.471 e. The summed E-state index contributed by atoms with van der Waals surface area (Å²) in [5, 5.41) is 11.8. The number of aldehydes is 1. The second-order valence-corrected chi connectivity index (χ2v) is 9.26. The van der Waals surface area contributed by atoms with Crippen molar-refractivity contribution < 1.29 is 41.8 Å². The molecule has 3 heterocycles. The highest BCUT2D eigenvalue weighted by molar-refractivity contribution is 7.99. The van der Waals surface area contributed by atoms with Gasteiger partial charge in [0.25, 0.3) is 0 Å². The predicted molar refractivity (Wildman–Crippen MR) is 121 cm³/mol. The van der Waals surface area contributed by atoms with Crippen LogP contribution in [0.3, 0.4) is 0 Å². The van der Waals surface area contributed by atoms with Gasteiger partial charge in [0, 0.05) is 18.8 Å². The molecule has 0 radical (unpaired) electrons. The van der Waals surface area contributed by atoms with Crippen LogP contribution in [0, 0.1) is 5.82 Å². The van der Waals surface area contributed by atoms with Crippen LogP contribution in [0.1, 0.15) is 34.1 Å². The van der Waals surface area contributed by atoms with Gasteiger partial charge in [-0.25, -0.2) is 9.18 Å². The highest BCUT2D eigenvalue weighted by atomic mass is 32.2. The molecule has 36 heavy (non-hydrogen) atoms. The smallest absolute Gasteiger partial charge is 0.462 e. The molecule has 2 aliphatic heterocycles. The Morgan fingerprint density at radius 1 is 1.33 bits per heavy atom. The number of rotatable bonds is 6. The number of aryl methyl sites for hydroxylation is 1. The van der Waals surface area contributed by atoms with Crippen molar-refractivity contribution in [1.82, 2.24) is 9.88 Å². The number of aliphatic hydroxyl groups excluding tert-OH is 1. The minimum atomic E-state index is -5.15. The summed E-state index contributed by atoms with van der Waals surface area (Å²) in [6.07, 6.45) is -4.87. The largest absolute Gasteiger partial charge is 0.471 e. The van der Waals surface area contributed by atoms with Gasteiger partial charge in [0.05, 0.1) is 52.5 Å². The van der Waals surface area contributed by atoms with Gasteiger partial charge < -0.3 is 24.6 Å². The molecule has 2 aliphatic rings. The molecule has 14 heteroatoms. The first-order valence-electron chi connectivity index (χ1n) is 11.0. The molecule has 4 rings (SSSR count). The summed E-state index contributed by atoms with van der Waals surface area (Å²) in [4.78, 5) is 50.7. The van der Waals surface area contributed by atoms with Crippen LogP contribution in [0.25, 0.3) is 10.9 Å². The molecule has 1 saturated heterocycles. The van der Waals surface area contributed by atoms with Crippen molar-refractivity contribution in [1.29, 1.82) is 0 Å². The number of ether oxygens (including phenoxy) is 1. The number of halogens is 4. The van der Waals surface area contributed by atoms with E-state index in [9.17, 15) is 37.5 Å². The third-order valence-corrected chi connectivity index (χ3v) is 7.29. The number of hydrogen-bond acceptors (Lipinski definition) is 8. The zero-order chi connectivity index (χ0) is 26.4. The Kier molecular flexibility index (Phi) is 7.01. The molecule has 1 amide bonds. The van der Waals surface area contributed by atoms with Crippen molar-refractivity contribution in [3.8, 4) is 0 Å². The van der Waals surface area contributed by atoms with Crippen molar-refractivity contribution in [3.05, 3.63) is 33.2 Å². The lowest BCUT2D eigenvalue weighted by Gasteiger charge is -2.30. The first-order chi connectivity index (χ1) is 17.0. The molecule has 1 fully saturated rings. The third kappa shape index (κ3) is 4.21. The molecule has 0 aliphatic carbocycles. The number of anilines is 1. The summed E-state index contributed by atoms with van der Waals surface area (Å²) in [5.41, 5.74) is -1.56. The van der Waals surface area contributed by atoms with E-state index in [0.29, 0.717) is 18.6 Å². The molecular weight excluding hydrogens is 510 g/mol. The maximum atomic E-state index is 15.5. The predicted octanol–water partition coefficient (Wildman–Crippen LogP) is 1.85. The number of aliphatic hydroxyl groups is 1. The molecule has 9 nitrogen and oxygen atoms in total. The molecule has 1 aromatic carbocycles. The lowest BCUT2D eigenvalue weighted by molar-refractivity contribution is -0.174. The Labute approximate surface area is 205 Å². The molecule has 2 N–H and O–H groups in total. The van der Waals surface area contributed by atoms with Gasteiger partial charge >= 0.3 is 18.1 Å².